The van der Waals surface area contributed by atoms with Crippen molar-refractivity contribution in [1.82, 2.24) is 4.98 Å². The molecule has 0 saturated carbocycles. The molecule has 0 amide bonds. The number of hydrogen-bond acceptors (Lipinski definition) is 4. The van der Waals surface area contributed by atoms with Crippen LogP contribution in [0.4, 0.5) is 22.0 Å². The molecular formula is C10H7BrF5NO3. The maximum atomic E-state index is 12.8. The van der Waals surface area contributed by atoms with Gasteiger partial charge in [-0.2, -0.15) is 0 Å². The van der Waals surface area contributed by atoms with Crippen LogP contribution in [0.1, 0.15) is 28.2 Å². The van der Waals surface area contributed by atoms with E-state index in [0.717, 1.165) is 13.2 Å². The number of ether oxygens (including phenoxy) is 2. The number of rotatable bonds is 4. The van der Waals surface area contributed by atoms with E-state index in [1.54, 1.807) is 0 Å². The van der Waals surface area contributed by atoms with Crippen molar-refractivity contribution < 1.29 is 36.2 Å². The smallest absolute Gasteiger partial charge is 0.465 e. The summed E-state index contributed by atoms with van der Waals surface area (Å²) in [6.45, 7) is 0. The van der Waals surface area contributed by atoms with Gasteiger partial charge in [-0.05, 0) is 6.07 Å². The average molecular weight is 364 g/mol. The first-order chi connectivity index (χ1) is 9.19. The fourth-order valence-corrected chi connectivity index (χ4v) is 1.60. The van der Waals surface area contributed by atoms with Gasteiger partial charge in [0.1, 0.15) is 11.3 Å². The Kier molecular flexibility index (Phi) is 5.26. The molecule has 0 atom stereocenters. The highest BCUT2D eigenvalue weighted by atomic mass is 79.9. The minimum atomic E-state index is -5.25. The summed E-state index contributed by atoms with van der Waals surface area (Å²) in [7, 11) is 0.899. The zero-order chi connectivity index (χ0) is 15.5. The summed E-state index contributed by atoms with van der Waals surface area (Å²) in [4.78, 5) is 14.7. The molecule has 0 spiro atoms. The third-order valence-corrected chi connectivity index (χ3v) is 2.59. The van der Waals surface area contributed by atoms with Gasteiger partial charge in [-0.25, -0.2) is 18.6 Å². The lowest BCUT2D eigenvalue weighted by Crippen LogP contribution is -2.21. The second kappa shape index (κ2) is 6.33. The number of halogens is 6. The van der Waals surface area contributed by atoms with Crippen LogP contribution < -0.4 is 4.74 Å². The normalized spacial score (nSPS) is 11.6. The fourth-order valence-electron chi connectivity index (χ4n) is 1.31. The van der Waals surface area contributed by atoms with Crippen LogP contribution in [-0.4, -0.2) is 24.4 Å². The lowest BCUT2D eigenvalue weighted by molar-refractivity contribution is -0.275. The molecule has 0 aromatic carbocycles. The van der Waals surface area contributed by atoms with Crippen molar-refractivity contribution in [3.05, 3.63) is 23.0 Å². The molecule has 0 aliphatic carbocycles. The largest absolute Gasteiger partial charge is 0.573 e. The summed E-state index contributed by atoms with van der Waals surface area (Å²) in [6, 6.07) is 0.882. The van der Waals surface area contributed by atoms with Gasteiger partial charge in [-0.1, -0.05) is 15.9 Å². The molecule has 1 aromatic heterocycles. The number of pyridine rings is 1. The maximum absolute atomic E-state index is 12.8. The number of carbonyl (C=O) groups is 1. The molecular weight excluding hydrogens is 357 g/mol. The van der Waals surface area contributed by atoms with Crippen molar-refractivity contribution in [3.63, 3.8) is 0 Å². The van der Waals surface area contributed by atoms with E-state index in [0.29, 0.717) is 0 Å². The van der Waals surface area contributed by atoms with Gasteiger partial charge in [0, 0.05) is 5.33 Å². The first-order valence-electron chi connectivity index (χ1n) is 4.91. The molecule has 1 aromatic rings. The van der Waals surface area contributed by atoms with E-state index in [4.69, 9.17) is 0 Å². The Labute approximate surface area is 118 Å². The first kappa shape index (κ1) is 16.6. The molecule has 1 heterocycles. The summed E-state index contributed by atoms with van der Waals surface area (Å²) in [6.07, 6.45) is -8.60. The van der Waals surface area contributed by atoms with E-state index in [1.807, 2.05) is 0 Å². The van der Waals surface area contributed by atoms with E-state index < -0.39 is 35.8 Å². The molecule has 4 nitrogen and oxygen atoms in total. The van der Waals surface area contributed by atoms with E-state index >= 15 is 0 Å². The highest BCUT2D eigenvalue weighted by molar-refractivity contribution is 9.08. The molecule has 0 aliphatic rings. The SMILES string of the molecule is COC(=O)c1cc(CBr)nc(C(F)F)c1OC(F)(F)F. The van der Waals surface area contributed by atoms with Crippen LogP contribution in [0.15, 0.2) is 6.07 Å². The lowest BCUT2D eigenvalue weighted by atomic mass is 10.1. The van der Waals surface area contributed by atoms with Crippen LogP contribution in [0.5, 0.6) is 5.75 Å². The van der Waals surface area contributed by atoms with Gasteiger partial charge in [0.15, 0.2) is 5.75 Å². The van der Waals surface area contributed by atoms with Crippen molar-refractivity contribution in [3.8, 4) is 5.75 Å². The minimum absolute atomic E-state index is 0.0387. The standard InChI is InChI=1S/C10H7BrF5NO3/c1-19-9(18)5-2-4(3-11)17-6(8(12)13)7(5)20-10(14,15)16/h2,8H,3H2,1H3. The quantitative estimate of drug-likeness (QED) is 0.466. The Bertz CT molecular complexity index is 506. The fraction of sp³-hybridized carbons (Fsp3) is 0.400. The van der Waals surface area contributed by atoms with Crippen LogP contribution in [0.25, 0.3) is 0 Å². The molecule has 10 heteroatoms. The summed E-state index contributed by atoms with van der Waals surface area (Å²) in [5, 5.41) is -0.0387. The Morgan fingerprint density at radius 2 is 2.05 bits per heavy atom. The number of esters is 1. The number of carbonyl (C=O) groups excluding carboxylic acids is 1. The van der Waals surface area contributed by atoms with Crippen molar-refractivity contribution in [1.29, 1.82) is 0 Å². The number of nitrogens with zero attached hydrogens (tertiary/aromatic N) is 1. The van der Waals surface area contributed by atoms with E-state index in [2.05, 4.69) is 30.4 Å². The highest BCUT2D eigenvalue weighted by Crippen LogP contribution is 2.35. The summed E-state index contributed by atoms with van der Waals surface area (Å²) >= 11 is 2.91. The van der Waals surface area contributed by atoms with Crippen molar-refractivity contribution in [2.45, 2.75) is 18.1 Å². The summed E-state index contributed by atoms with van der Waals surface area (Å²) < 4.78 is 70.1. The highest BCUT2D eigenvalue weighted by Gasteiger charge is 2.37. The van der Waals surface area contributed by atoms with Gasteiger partial charge in [0.25, 0.3) is 6.43 Å². The third-order valence-electron chi connectivity index (χ3n) is 2.02. The van der Waals surface area contributed by atoms with E-state index in [1.165, 1.54) is 0 Å². The molecule has 0 N–H and O–H groups in total. The van der Waals surface area contributed by atoms with Crippen molar-refractivity contribution >= 4 is 21.9 Å². The number of methoxy groups -OCH3 is 1. The van der Waals surface area contributed by atoms with Crippen LogP contribution >= 0.6 is 15.9 Å². The molecule has 0 fully saturated rings. The van der Waals surface area contributed by atoms with Crippen molar-refractivity contribution in [2.75, 3.05) is 7.11 Å². The second-order valence-electron chi connectivity index (χ2n) is 3.35. The van der Waals surface area contributed by atoms with Crippen LogP contribution in [0.3, 0.4) is 0 Å². The van der Waals surface area contributed by atoms with Gasteiger partial charge in [0.05, 0.1) is 12.8 Å². The third kappa shape index (κ3) is 4.02. The monoisotopic (exact) mass is 363 g/mol. The maximum Gasteiger partial charge on any atom is 0.573 e. The van der Waals surface area contributed by atoms with Gasteiger partial charge in [-0.3, -0.25) is 0 Å². The van der Waals surface area contributed by atoms with Gasteiger partial charge >= 0.3 is 12.3 Å². The Hall–Kier alpha value is -1.45. The molecule has 112 valence electrons. The van der Waals surface area contributed by atoms with E-state index in [-0.39, 0.29) is 11.0 Å². The second-order valence-corrected chi connectivity index (χ2v) is 3.91. The van der Waals surface area contributed by atoms with Crippen LogP contribution in [0, 0.1) is 0 Å². The topological polar surface area (TPSA) is 48.4 Å². The average Bonchev–Trinajstić information content (AvgIpc) is 2.35. The number of alkyl halides is 6. The molecule has 0 unspecified atom stereocenters. The Balaban J connectivity index is 3.51. The molecule has 0 bridgehead atoms. The van der Waals surface area contributed by atoms with E-state index in [9.17, 15) is 26.7 Å². The van der Waals surface area contributed by atoms with Crippen molar-refractivity contribution in [2.24, 2.45) is 0 Å². The first-order valence-corrected chi connectivity index (χ1v) is 6.03. The van der Waals surface area contributed by atoms with Gasteiger partial charge < -0.3 is 9.47 Å². The summed E-state index contributed by atoms with van der Waals surface area (Å²) in [5.74, 6) is -2.60. The molecule has 0 aliphatic heterocycles. The zero-order valence-corrected chi connectivity index (χ0v) is 11.4. The number of aromatic nitrogens is 1. The predicted octanol–water partition coefficient (Wildman–Crippen LogP) is 3.60. The molecule has 0 radical (unpaired) electrons. The molecule has 20 heavy (non-hydrogen) atoms. The molecule has 1 rings (SSSR count). The zero-order valence-electron chi connectivity index (χ0n) is 9.80. The minimum Gasteiger partial charge on any atom is -0.465 e. The van der Waals surface area contributed by atoms with Gasteiger partial charge in [-0.15, -0.1) is 13.2 Å². The van der Waals surface area contributed by atoms with Crippen LogP contribution in [-0.2, 0) is 10.1 Å². The molecule has 0 saturated heterocycles. The van der Waals surface area contributed by atoms with Gasteiger partial charge in [0.2, 0.25) is 0 Å². The number of hydrogen-bond donors (Lipinski definition) is 0. The Morgan fingerprint density at radius 1 is 1.45 bits per heavy atom. The Morgan fingerprint density at radius 3 is 2.45 bits per heavy atom. The predicted molar refractivity (Wildman–Crippen MR) is 59.8 cm³/mol. The summed E-state index contributed by atoms with van der Waals surface area (Å²) in [5.41, 5.74) is -2.11. The lowest BCUT2D eigenvalue weighted by Gasteiger charge is -2.16. The van der Waals surface area contributed by atoms with Crippen LogP contribution in [0.2, 0.25) is 0 Å².